The predicted octanol–water partition coefficient (Wildman–Crippen LogP) is 2.12. The number of benzene rings is 1. The number of carbonyl (C=O) groups excluding carboxylic acids is 1. The Balaban J connectivity index is 2.74. The number of rotatable bonds is 2. The molecule has 0 aliphatic heterocycles. The van der Waals surface area contributed by atoms with Crippen LogP contribution in [0.15, 0.2) is 18.2 Å². The number of para-hydroxylation sites is 1. The minimum atomic E-state index is 0.587. The fourth-order valence-electron chi connectivity index (χ4n) is 1.13. The number of thiazole rings is 1. The van der Waals surface area contributed by atoms with Gasteiger partial charge in [-0.15, -0.1) is 0 Å². The third kappa shape index (κ3) is 1.29. The quantitative estimate of drug-likeness (QED) is 0.686. The summed E-state index contributed by atoms with van der Waals surface area (Å²) in [5.74, 6) is 0. The summed E-state index contributed by atoms with van der Waals surface area (Å²) in [6.45, 7) is 0. The molecule has 0 aliphatic rings. The molecule has 3 nitrogen and oxygen atoms in total. The van der Waals surface area contributed by atoms with Gasteiger partial charge in [0.2, 0.25) is 0 Å². The van der Waals surface area contributed by atoms with Crippen molar-refractivity contribution in [1.29, 1.82) is 0 Å². The molecule has 2 aromatic rings. The summed E-state index contributed by atoms with van der Waals surface area (Å²) in [6.07, 6.45) is 0.807. The van der Waals surface area contributed by atoms with Crippen molar-refractivity contribution in [3.63, 3.8) is 0 Å². The van der Waals surface area contributed by atoms with Crippen LogP contribution >= 0.6 is 11.3 Å². The van der Waals surface area contributed by atoms with Crippen LogP contribution in [-0.4, -0.2) is 18.4 Å². The van der Waals surface area contributed by atoms with Crippen molar-refractivity contribution in [2.75, 3.05) is 7.11 Å². The Labute approximate surface area is 79.0 Å². The highest BCUT2D eigenvalue weighted by molar-refractivity contribution is 7.20. The van der Waals surface area contributed by atoms with E-state index in [2.05, 4.69) is 4.98 Å². The van der Waals surface area contributed by atoms with Crippen molar-refractivity contribution in [3.05, 3.63) is 23.8 Å². The molecule has 0 aliphatic carbocycles. The van der Waals surface area contributed by atoms with Gasteiger partial charge in [-0.25, -0.2) is 4.98 Å². The van der Waals surface area contributed by atoms with Gasteiger partial charge in [-0.3, -0.25) is 4.79 Å². The molecule has 0 spiro atoms. The van der Waals surface area contributed by atoms with Crippen LogP contribution in [0.2, 0.25) is 0 Å². The third-order valence-electron chi connectivity index (χ3n) is 1.73. The van der Waals surface area contributed by atoms with Crippen LogP contribution in [0.25, 0.3) is 10.2 Å². The molecule has 0 bridgehead atoms. The maximum absolute atomic E-state index is 10.6. The van der Waals surface area contributed by atoms with E-state index in [1.807, 2.05) is 12.1 Å². The van der Waals surface area contributed by atoms with E-state index < -0.39 is 0 Å². The van der Waals surface area contributed by atoms with Crippen LogP contribution in [0.5, 0.6) is 5.19 Å². The Morgan fingerprint density at radius 2 is 2.38 bits per heavy atom. The summed E-state index contributed by atoms with van der Waals surface area (Å²) in [7, 11) is 1.57. The summed E-state index contributed by atoms with van der Waals surface area (Å²) >= 11 is 1.43. The molecule has 0 atom stereocenters. The highest BCUT2D eigenvalue weighted by atomic mass is 32.1. The Kier molecular flexibility index (Phi) is 1.98. The monoisotopic (exact) mass is 193 g/mol. The first kappa shape index (κ1) is 8.19. The molecule has 1 heterocycles. The molecule has 66 valence electrons. The minimum absolute atomic E-state index is 0.587. The maximum Gasteiger partial charge on any atom is 0.274 e. The average molecular weight is 193 g/mol. The van der Waals surface area contributed by atoms with E-state index in [0.717, 1.165) is 16.5 Å². The second-order valence-electron chi connectivity index (χ2n) is 2.50. The van der Waals surface area contributed by atoms with Gasteiger partial charge in [-0.2, -0.15) is 0 Å². The van der Waals surface area contributed by atoms with Gasteiger partial charge in [0, 0.05) is 5.56 Å². The van der Waals surface area contributed by atoms with E-state index in [-0.39, 0.29) is 0 Å². The zero-order chi connectivity index (χ0) is 9.26. The number of hydrogen-bond acceptors (Lipinski definition) is 4. The van der Waals surface area contributed by atoms with Gasteiger partial charge in [0.05, 0.1) is 17.3 Å². The van der Waals surface area contributed by atoms with Gasteiger partial charge in [-0.1, -0.05) is 17.4 Å². The zero-order valence-electron chi connectivity index (χ0n) is 6.98. The van der Waals surface area contributed by atoms with Crippen molar-refractivity contribution in [3.8, 4) is 5.19 Å². The number of ether oxygens (including phenoxy) is 1. The van der Waals surface area contributed by atoms with Crippen LogP contribution < -0.4 is 4.74 Å². The first-order valence-corrected chi connectivity index (χ1v) is 4.55. The summed E-state index contributed by atoms with van der Waals surface area (Å²) in [5, 5.41) is 0.587. The first-order chi connectivity index (χ1) is 6.35. The number of aromatic nitrogens is 1. The molecule has 0 N–H and O–H groups in total. The van der Waals surface area contributed by atoms with E-state index in [4.69, 9.17) is 4.74 Å². The Morgan fingerprint density at radius 3 is 3.08 bits per heavy atom. The van der Waals surface area contributed by atoms with Crippen LogP contribution in [0.1, 0.15) is 10.4 Å². The van der Waals surface area contributed by atoms with E-state index >= 15 is 0 Å². The largest absolute Gasteiger partial charge is 0.473 e. The lowest BCUT2D eigenvalue weighted by Crippen LogP contribution is -1.82. The Bertz CT molecular complexity index is 450. The molecule has 0 saturated carbocycles. The molecule has 13 heavy (non-hydrogen) atoms. The fourth-order valence-corrected chi connectivity index (χ4v) is 1.95. The summed E-state index contributed by atoms with van der Waals surface area (Å²) in [4.78, 5) is 14.8. The molecule has 0 radical (unpaired) electrons. The normalized spacial score (nSPS) is 10.2. The first-order valence-electron chi connectivity index (χ1n) is 3.74. The molecule has 0 fully saturated rings. The maximum atomic E-state index is 10.6. The van der Waals surface area contributed by atoms with Crippen molar-refractivity contribution in [2.24, 2.45) is 0 Å². The Hall–Kier alpha value is -1.42. The molecule has 2 rings (SSSR count). The standard InChI is InChI=1S/C9H7NO2S/c1-12-9-10-8-6(5-11)3-2-4-7(8)13-9/h2-5H,1H3. The lowest BCUT2D eigenvalue weighted by atomic mass is 10.2. The molecule has 0 amide bonds. The molecule has 0 unspecified atom stereocenters. The highest BCUT2D eigenvalue weighted by Gasteiger charge is 2.06. The number of carbonyl (C=O) groups is 1. The van der Waals surface area contributed by atoms with E-state index in [0.29, 0.717) is 10.8 Å². The van der Waals surface area contributed by atoms with Crippen LogP contribution in [0.4, 0.5) is 0 Å². The molecule has 4 heteroatoms. The molecular formula is C9H7NO2S. The molecule has 1 aromatic carbocycles. The van der Waals surface area contributed by atoms with Gasteiger partial charge in [0.25, 0.3) is 5.19 Å². The lowest BCUT2D eigenvalue weighted by molar-refractivity contribution is 0.112. The number of methoxy groups -OCH3 is 1. The number of nitrogens with zero attached hydrogens (tertiary/aromatic N) is 1. The lowest BCUT2D eigenvalue weighted by Gasteiger charge is -1.89. The van der Waals surface area contributed by atoms with Crippen LogP contribution in [0, 0.1) is 0 Å². The van der Waals surface area contributed by atoms with Crippen molar-refractivity contribution >= 4 is 27.8 Å². The highest BCUT2D eigenvalue weighted by Crippen LogP contribution is 2.28. The van der Waals surface area contributed by atoms with Crippen molar-refractivity contribution in [1.82, 2.24) is 4.98 Å². The summed E-state index contributed by atoms with van der Waals surface area (Å²) in [6, 6.07) is 5.50. The smallest absolute Gasteiger partial charge is 0.274 e. The average Bonchev–Trinajstić information content (AvgIpc) is 2.59. The van der Waals surface area contributed by atoms with Gasteiger partial charge < -0.3 is 4.74 Å². The van der Waals surface area contributed by atoms with Crippen molar-refractivity contribution < 1.29 is 9.53 Å². The molecule has 0 saturated heterocycles. The fraction of sp³-hybridized carbons (Fsp3) is 0.111. The van der Waals surface area contributed by atoms with Gasteiger partial charge in [-0.05, 0) is 12.1 Å². The topological polar surface area (TPSA) is 39.2 Å². The number of fused-ring (bicyclic) bond motifs is 1. The number of aldehydes is 1. The van der Waals surface area contributed by atoms with Crippen LogP contribution in [-0.2, 0) is 0 Å². The van der Waals surface area contributed by atoms with E-state index in [1.165, 1.54) is 11.3 Å². The third-order valence-corrected chi connectivity index (χ3v) is 2.71. The van der Waals surface area contributed by atoms with E-state index in [9.17, 15) is 4.79 Å². The SMILES string of the molecule is COc1nc2c(C=O)cccc2s1. The van der Waals surface area contributed by atoms with Crippen LogP contribution in [0.3, 0.4) is 0 Å². The van der Waals surface area contributed by atoms with Gasteiger partial charge >= 0.3 is 0 Å². The minimum Gasteiger partial charge on any atom is -0.473 e. The second-order valence-corrected chi connectivity index (χ2v) is 3.49. The van der Waals surface area contributed by atoms with Gasteiger partial charge in [0.15, 0.2) is 6.29 Å². The molecule has 1 aromatic heterocycles. The van der Waals surface area contributed by atoms with Gasteiger partial charge in [0.1, 0.15) is 0 Å². The Morgan fingerprint density at radius 1 is 1.54 bits per heavy atom. The number of hydrogen-bond donors (Lipinski definition) is 0. The van der Waals surface area contributed by atoms with Crippen molar-refractivity contribution in [2.45, 2.75) is 0 Å². The summed E-state index contributed by atoms with van der Waals surface area (Å²) in [5.41, 5.74) is 1.33. The predicted molar refractivity (Wildman–Crippen MR) is 51.6 cm³/mol. The second kappa shape index (κ2) is 3.14. The zero-order valence-corrected chi connectivity index (χ0v) is 7.80. The van der Waals surface area contributed by atoms with E-state index in [1.54, 1.807) is 13.2 Å². The molecular weight excluding hydrogens is 186 g/mol. The summed E-state index contributed by atoms with van der Waals surface area (Å²) < 4.78 is 5.96.